The molecule has 0 aromatic carbocycles. The van der Waals surface area contributed by atoms with Gasteiger partial charge in [0.25, 0.3) is 0 Å². The average Bonchev–Trinajstić information content (AvgIpc) is 2.78. The minimum atomic E-state index is -0.969. The fourth-order valence-electron chi connectivity index (χ4n) is 1.85. The van der Waals surface area contributed by atoms with Crippen molar-refractivity contribution < 1.29 is 14.7 Å². The molecule has 0 unspecified atom stereocenters. The highest BCUT2D eigenvalue weighted by Gasteiger charge is 2.32. The van der Waals surface area contributed by atoms with Crippen LogP contribution >= 0.6 is 0 Å². The number of aliphatic carboxylic acids is 1. The lowest BCUT2D eigenvalue weighted by atomic mass is 9.86. The van der Waals surface area contributed by atoms with Crippen LogP contribution in [-0.2, 0) is 15.0 Å². The molecule has 0 atom stereocenters. The molecule has 0 aliphatic rings. The Kier molecular flexibility index (Phi) is 4.39. The maximum Gasteiger partial charge on any atom is 0.304 e. The van der Waals surface area contributed by atoms with Crippen LogP contribution in [0.15, 0.2) is 18.3 Å². The van der Waals surface area contributed by atoms with Crippen molar-refractivity contribution in [3.63, 3.8) is 0 Å². The first-order valence-corrected chi connectivity index (χ1v) is 6.29. The van der Waals surface area contributed by atoms with Gasteiger partial charge in [0.2, 0.25) is 5.91 Å². The number of carboxylic acids is 1. The van der Waals surface area contributed by atoms with E-state index < -0.39 is 11.4 Å². The third-order valence-corrected chi connectivity index (χ3v) is 3.23. The Hall–Kier alpha value is -1.78. The van der Waals surface area contributed by atoms with E-state index in [9.17, 15) is 9.59 Å². The quantitative estimate of drug-likeness (QED) is 0.735. The van der Waals surface area contributed by atoms with Crippen molar-refractivity contribution in [3.05, 3.63) is 24.0 Å². The zero-order valence-corrected chi connectivity index (χ0v) is 11.9. The number of carbonyl (C=O) groups is 2. The number of H-pyrrole nitrogens is 1. The second-order valence-electron chi connectivity index (χ2n) is 6.10. The highest BCUT2D eigenvalue weighted by molar-refractivity contribution is 5.86. The third kappa shape index (κ3) is 4.12. The largest absolute Gasteiger partial charge is 0.481 e. The Morgan fingerprint density at radius 2 is 1.95 bits per heavy atom. The number of rotatable bonds is 6. The summed E-state index contributed by atoms with van der Waals surface area (Å²) < 4.78 is 0. The van der Waals surface area contributed by atoms with Crippen molar-refractivity contribution in [2.75, 3.05) is 6.54 Å². The van der Waals surface area contributed by atoms with Gasteiger partial charge in [-0.15, -0.1) is 0 Å². The van der Waals surface area contributed by atoms with Gasteiger partial charge in [0.05, 0.1) is 11.8 Å². The molecule has 5 heteroatoms. The summed E-state index contributed by atoms with van der Waals surface area (Å²) in [4.78, 5) is 25.9. The summed E-state index contributed by atoms with van der Waals surface area (Å²) in [6, 6.07) is 3.88. The molecular formula is C14H22N2O3. The Labute approximate surface area is 113 Å². The standard InChI is InChI=1S/C14H22N2O3/c1-13(2,8-11(17)18)12(19)16-9-14(3,4)10-6-5-7-15-10/h5-7,15H,8-9H2,1-4H3,(H,16,19)(H,17,18). The van der Waals surface area contributed by atoms with Gasteiger partial charge in [0, 0.05) is 23.9 Å². The molecule has 1 amide bonds. The maximum atomic E-state index is 12.0. The molecule has 1 aromatic rings. The molecule has 0 aliphatic heterocycles. The molecule has 0 saturated heterocycles. The molecule has 19 heavy (non-hydrogen) atoms. The number of hydrogen-bond donors (Lipinski definition) is 3. The van der Waals surface area contributed by atoms with Crippen LogP contribution in [-0.4, -0.2) is 28.5 Å². The van der Waals surface area contributed by atoms with Gasteiger partial charge in [-0.1, -0.05) is 27.7 Å². The summed E-state index contributed by atoms with van der Waals surface area (Å²) in [5, 5.41) is 11.6. The zero-order chi connectivity index (χ0) is 14.7. The molecule has 5 nitrogen and oxygen atoms in total. The van der Waals surface area contributed by atoms with E-state index in [0.29, 0.717) is 6.54 Å². The first-order chi connectivity index (χ1) is 8.65. The molecule has 0 radical (unpaired) electrons. The first-order valence-electron chi connectivity index (χ1n) is 6.29. The van der Waals surface area contributed by atoms with Gasteiger partial charge in [-0.2, -0.15) is 0 Å². The summed E-state index contributed by atoms with van der Waals surface area (Å²) in [7, 11) is 0. The number of nitrogens with one attached hydrogen (secondary N) is 2. The molecule has 106 valence electrons. The predicted octanol–water partition coefficient (Wildman–Crippen LogP) is 1.91. The lowest BCUT2D eigenvalue weighted by molar-refractivity contribution is -0.144. The van der Waals surface area contributed by atoms with Crippen LogP contribution in [0.4, 0.5) is 0 Å². The Bertz CT molecular complexity index is 447. The smallest absolute Gasteiger partial charge is 0.304 e. The molecule has 1 heterocycles. The van der Waals surface area contributed by atoms with Crippen molar-refractivity contribution in [2.24, 2.45) is 5.41 Å². The number of carbonyl (C=O) groups excluding carboxylic acids is 1. The van der Waals surface area contributed by atoms with Crippen molar-refractivity contribution in [1.29, 1.82) is 0 Å². The minimum Gasteiger partial charge on any atom is -0.481 e. The van der Waals surface area contributed by atoms with E-state index in [0.717, 1.165) is 5.69 Å². The molecule has 0 spiro atoms. The minimum absolute atomic E-state index is 0.179. The maximum absolute atomic E-state index is 12.0. The highest BCUT2D eigenvalue weighted by atomic mass is 16.4. The molecule has 0 aliphatic carbocycles. The fraction of sp³-hybridized carbons (Fsp3) is 0.571. The molecule has 0 bridgehead atoms. The molecule has 1 aromatic heterocycles. The summed E-state index contributed by atoms with van der Waals surface area (Å²) in [5.74, 6) is -1.21. The van der Waals surface area contributed by atoms with Gasteiger partial charge >= 0.3 is 5.97 Å². The van der Waals surface area contributed by atoms with Crippen LogP contribution in [0.2, 0.25) is 0 Å². The average molecular weight is 266 g/mol. The number of aromatic nitrogens is 1. The molecule has 3 N–H and O–H groups in total. The summed E-state index contributed by atoms with van der Waals surface area (Å²) in [6.45, 7) is 7.76. The van der Waals surface area contributed by atoms with Gasteiger partial charge < -0.3 is 15.4 Å². The van der Waals surface area contributed by atoms with Gasteiger partial charge in [0.1, 0.15) is 0 Å². The summed E-state index contributed by atoms with van der Waals surface area (Å²) >= 11 is 0. The van der Waals surface area contributed by atoms with E-state index in [4.69, 9.17) is 5.11 Å². The van der Waals surface area contributed by atoms with E-state index in [1.54, 1.807) is 13.8 Å². The van der Waals surface area contributed by atoms with Crippen molar-refractivity contribution >= 4 is 11.9 Å². The van der Waals surface area contributed by atoms with E-state index in [-0.39, 0.29) is 17.7 Å². The van der Waals surface area contributed by atoms with E-state index in [2.05, 4.69) is 10.3 Å². The predicted molar refractivity (Wildman–Crippen MR) is 72.9 cm³/mol. The van der Waals surface area contributed by atoms with Crippen molar-refractivity contribution in [2.45, 2.75) is 39.5 Å². The lowest BCUT2D eigenvalue weighted by Gasteiger charge is -2.27. The van der Waals surface area contributed by atoms with Crippen LogP contribution in [0.25, 0.3) is 0 Å². The van der Waals surface area contributed by atoms with Crippen molar-refractivity contribution in [3.8, 4) is 0 Å². The monoisotopic (exact) mass is 266 g/mol. The molecular weight excluding hydrogens is 244 g/mol. The zero-order valence-electron chi connectivity index (χ0n) is 11.9. The van der Waals surface area contributed by atoms with E-state index in [1.807, 2.05) is 32.2 Å². The topological polar surface area (TPSA) is 82.2 Å². The number of aromatic amines is 1. The van der Waals surface area contributed by atoms with Gasteiger partial charge in [0.15, 0.2) is 0 Å². The molecule has 0 saturated carbocycles. The van der Waals surface area contributed by atoms with Crippen LogP contribution in [0.1, 0.15) is 39.8 Å². The van der Waals surface area contributed by atoms with Crippen LogP contribution in [0.5, 0.6) is 0 Å². The van der Waals surface area contributed by atoms with Crippen LogP contribution in [0, 0.1) is 5.41 Å². The second-order valence-corrected chi connectivity index (χ2v) is 6.10. The second kappa shape index (κ2) is 5.47. The normalized spacial score (nSPS) is 12.2. The highest BCUT2D eigenvalue weighted by Crippen LogP contribution is 2.23. The lowest BCUT2D eigenvalue weighted by Crippen LogP contribution is -2.43. The Morgan fingerprint density at radius 1 is 1.32 bits per heavy atom. The van der Waals surface area contributed by atoms with E-state index in [1.165, 1.54) is 0 Å². The number of carboxylic acid groups (broad SMARTS) is 1. The van der Waals surface area contributed by atoms with Gasteiger partial charge in [-0.25, -0.2) is 0 Å². The summed E-state index contributed by atoms with van der Waals surface area (Å²) in [6.07, 6.45) is 1.66. The summed E-state index contributed by atoms with van der Waals surface area (Å²) in [5.41, 5.74) is -0.0975. The van der Waals surface area contributed by atoms with E-state index >= 15 is 0 Å². The fourth-order valence-corrected chi connectivity index (χ4v) is 1.85. The molecule has 0 fully saturated rings. The number of hydrogen-bond acceptors (Lipinski definition) is 2. The van der Waals surface area contributed by atoms with Gasteiger partial charge in [-0.05, 0) is 12.1 Å². The third-order valence-electron chi connectivity index (χ3n) is 3.23. The van der Waals surface area contributed by atoms with Gasteiger partial charge in [-0.3, -0.25) is 9.59 Å². The Balaban J connectivity index is 2.61. The van der Waals surface area contributed by atoms with Crippen LogP contribution in [0.3, 0.4) is 0 Å². The number of amides is 1. The Morgan fingerprint density at radius 3 is 2.42 bits per heavy atom. The van der Waals surface area contributed by atoms with Crippen LogP contribution < -0.4 is 5.32 Å². The van der Waals surface area contributed by atoms with Crippen molar-refractivity contribution in [1.82, 2.24) is 10.3 Å². The molecule has 1 rings (SSSR count). The SMILES string of the molecule is CC(C)(CC(=O)O)C(=O)NCC(C)(C)c1ccc[nH]1. The first kappa shape index (κ1) is 15.3.